The van der Waals surface area contributed by atoms with E-state index in [1.165, 1.54) is 12.8 Å². The van der Waals surface area contributed by atoms with Gasteiger partial charge in [0.1, 0.15) is 10.8 Å². The minimum Gasteiger partial charge on any atom is -0.363 e. The lowest BCUT2D eigenvalue weighted by molar-refractivity contribution is 0.813. The maximum atomic E-state index is 4.70. The Labute approximate surface area is 148 Å². The second-order valence-corrected chi connectivity index (χ2v) is 7.04. The average molecular weight is 348 g/mol. The molecule has 1 fully saturated rings. The lowest BCUT2D eigenvalue weighted by Gasteiger charge is -2.04. The van der Waals surface area contributed by atoms with Crippen molar-refractivity contribution in [1.82, 2.24) is 24.8 Å². The molecule has 3 aromatic heterocycles. The third kappa shape index (κ3) is 2.87. The largest absolute Gasteiger partial charge is 0.363 e. The minimum atomic E-state index is 0.518. The molecule has 1 saturated carbocycles. The average Bonchev–Trinajstić information content (AvgIpc) is 3.24. The lowest BCUT2D eigenvalue weighted by atomic mass is 10.2. The number of fused-ring (bicyclic) bond motifs is 1. The first-order valence-corrected chi connectivity index (χ1v) is 9.21. The van der Waals surface area contributed by atoms with E-state index < -0.39 is 0 Å². The van der Waals surface area contributed by atoms with E-state index in [2.05, 4.69) is 38.1 Å². The fraction of sp³-hybridized carbons (Fsp3) is 0.222. The summed E-state index contributed by atoms with van der Waals surface area (Å²) in [5.41, 5.74) is 2.96. The third-order valence-electron chi connectivity index (χ3n) is 4.25. The molecule has 0 aliphatic heterocycles. The predicted molar refractivity (Wildman–Crippen MR) is 97.6 cm³/mol. The zero-order valence-corrected chi connectivity index (χ0v) is 14.3. The molecule has 7 heteroatoms. The molecule has 1 aliphatic rings. The molecule has 6 nitrogen and oxygen atoms in total. The van der Waals surface area contributed by atoms with Crippen LogP contribution in [0.2, 0.25) is 0 Å². The maximum Gasteiger partial charge on any atom is 0.178 e. The van der Waals surface area contributed by atoms with E-state index in [-0.39, 0.29) is 0 Å². The highest BCUT2D eigenvalue weighted by Gasteiger charge is 2.29. The van der Waals surface area contributed by atoms with Crippen LogP contribution >= 0.6 is 11.3 Å². The summed E-state index contributed by atoms with van der Waals surface area (Å²) in [6.07, 6.45) is 2.36. The van der Waals surface area contributed by atoms with Gasteiger partial charge in [0.2, 0.25) is 0 Å². The van der Waals surface area contributed by atoms with Crippen LogP contribution in [0.15, 0.2) is 47.8 Å². The standard InChI is InChI=1S/C18H16N6S/c1-2-4-13(5-3-1)18-20-14(11-25-18)10-19-15-8-9-16-21-22-17(12-6-7-12)24(16)23-15/h1-5,8-9,11-12H,6-7,10H2,(H,19,23). The van der Waals surface area contributed by atoms with Gasteiger partial charge in [-0.3, -0.25) is 0 Å². The minimum absolute atomic E-state index is 0.518. The maximum absolute atomic E-state index is 4.70. The van der Waals surface area contributed by atoms with Crippen molar-refractivity contribution in [1.29, 1.82) is 0 Å². The molecule has 0 radical (unpaired) electrons. The first-order chi connectivity index (χ1) is 12.4. The van der Waals surface area contributed by atoms with Crippen LogP contribution in [0.3, 0.4) is 0 Å². The molecule has 1 N–H and O–H groups in total. The molecule has 4 aromatic rings. The van der Waals surface area contributed by atoms with E-state index in [0.717, 1.165) is 33.6 Å². The first kappa shape index (κ1) is 14.5. The van der Waals surface area contributed by atoms with Crippen molar-refractivity contribution in [3.8, 4) is 10.6 Å². The molecular weight excluding hydrogens is 332 g/mol. The number of rotatable bonds is 5. The molecule has 0 amide bonds. The van der Waals surface area contributed by atoms with Gasteiger partial charge in [-0.05, 0) is 25.0 Å². The number of thiazole rings is 1. The van der Waals surface area contributed by atoms with Crippen molar-refractivity contribution >= 4 is 22.8 Å². The van der Waals surface area contributed by atoms with Gasteiger partial charge >= 0.3 is 0 Å². The van der Waals surface area contributed by atoms with Crippen LogP contribution in [0.5, 0.6) is 0 Å². The van der Waals surface area contributed by atoms with Gasteiger partial charge in [0.05, 0.1) is 12.2 Å². The fourth-order valence-electron chi connectivity index (χ4n) is 2.78. The molecular formula is C18H16N6S. The van der Waals surface area contributed by atoms with Crippen LogP contribution < -0.4 is 5.32 Å². The molecule has 124 valence electrons. The number of anilines is 1. The Balaban J connectivity index is 1.33. The number of nitrogens with zero attached hydrogens (tertiary/aromatic N) is 5. The molecule has 0 bridgehead atoms. The Morgan fingerprint density at radius 2 is 1.96 bits per heavy atom. The van der Waals surface area contributed by atoms with Crippen LogP contribution in [0.4, 0.5) is 5.82 Å². The van der Waals surface area contributed by atoms with Gasteiger partial charge in [-0.2, -0.15) is 4.52 Å². The summed E-state index contributed by atoms with van der Waals surface area (Å²) in [5.74, 6) is 2.30. The van der Waals surface area contributed by atoms with E-state index >= 15 is 0 Å². The van der Waals surface area contributed by atoms with E-state index in [9.17, 15) is 0 Å². The highest BCUT2D eigenvalue weighted by atomic mass is 32.1. The molecule has 25 heavy (non-hydrogen) atoms. The summed E-state index contributed by atoms with van der Waals surface area (Å²) in [4.78, 5) is 4.70. The van der Waals surface area contributed by atoms with Gasteiger partial charge in [-0.15, -0.1) is 26.6 Å². The van der Waals surface area contributed by atoms with Gasteiger partial charge in [0.15, 0.2) is 11.5 Å². The molecule has 0 atom stereocenters. The van der Waals surface area contributed by atoms with Crippen molar-refractivity contribution in [2.45, 2.75) is 25.3 Å². The Bertz CT molecular complexity index is 1020. The van der Waals surface area contributed by atoms with E-state index in [0.29, 0.717) is 12.5 Å². The number of aromatic nitrogens is 5. The Hall–Kier alpha value is -2.80. The highest BCUT2D eigenvalue weighted by Crippen LogP contribution is 2.38. The van der Waals surface area contributed by atoms with Crippen LogP contribution in [0, 0.1) is 0 Å². The van der Waals surface area contributed by atoms with Gasteiger partial charge in [-0.1, -0.05) is 30.3 Å². The third-order valence-corrected chi connectivity index (χ3v) is 5.19. The molecule has 5 rings (SSSR count). The molecule has 0 unspecified atom stereocenters. The second kappa shape index (κ2) is 5.93. The zero-order valence-electron chi connectivity index (χ0n) is 13.5. The van der Waals surface area contributed by atoms with Crippen LogP contribution in [-0.2, 0) is 6.54 Å². The SMILES string of the molecule is c1ccc(-c2nc(CNc3ccc4nnc(C5CC5)n4n3)cs2)cc1. The summed E-state index contributed by atoms with van der Waals surface area (Å²) >= 11 is 1.66. The second-order valence-electron chi connectivity index (χ2n) is 6.18. The van der Waals surface area contributed by atoms with E-state index in [1.54, 1.807) is 11.3 Å². The highest BCUT2D eigenvalue weighted by molar-refractivity contribution is 7.13. The summed E-state index contributed by atoms with van der Waals surface area (Å²) in [7, 11) is 0. The van der Waals surface area contributed by atoms with Crippen LogP contribution in [0.25, 0.3) is 16.2 Å². The Kier molecular flexibility index (Phi) is 3.45. The van der Waals surface area contributed by atoms with Crippen molar-refractivity contribution in [2.75, 3.05) is 5.32 Å². The van der Waals surface area contributed by atoms with Crippen molar-refractivity contribution in [3.63, 3.8) is 0 Å². The molecule has 0 saturated heterocycles. The summed E-state index contributed by atoms with van der Waals surface area (Å²) < 4.78 is 1.86. The summed E-state index contributed by atoms with van der Waals surface area (Å²) in [6, 6.07) is 14.1. The van der Waals surface area contributed by atoms with Crippen LogP contribution in [-0.4, -0.2) is 24.8 Å². The molecule has 0 spiro atoms. The number of hydrogen-bond donors (Lipinski definition) is 1. The van der Waals surface area contributed by atoms with Crippen molar-refractivity contribution in [2.24, 2.45) is 0 Å². The predicted octanol–water partition coefficient (Wildman–Crippen LogP) is 3.74. The van der Waals surface area contributed by atoms with E-state index in [4.69, 9.17) is 4.98 Å². The van der Waals surface area contributed by atoms with Crippen LogP contribution in [0.1, 0.15) is 30.3 Å². The quantitative estimate of drug-likeness (QED) is 0.595. The normalized spacial score (nSPS) is 14.1. The Morgan fingerprint density at radius 1 is 1.08 bits per heavy atom. The monoisotopic (exact) mass is 348 g/mol. The fourth-order valence-corrected chi connectivity index (χ4v) is 3.60. The summed E-state index contributed by atoms with van der Waals surface area (Å²) in [5, 5.41) is 19.6. The van der Waals surface area contributed by atoms with Gasteiger partial charge in [0, 0.05) is 16.9 Å². The van der Waals surface area contributed by atoms with Gasteiger partial charge < -0.3 is 5.32 Å². The topological polar surface area (TPSA) is 68.0 Å². The number of hydrogen-bond acceptors (Lipinski definition) is 6. The van der Waals surface area contributed by atoms with Gasteiger partial charge in [0.25, 0.3) is 0 Å². The van der Waals surface area contributed by atoms with Gasteiger partial charge in [-0.25, -0.2) is 4.98 Å². The molecule has 1 aliphatic carbocycles. The summed E-state index contributed by atoms with van der Waals surface area (Å²) in [6.45, 7) is 0.642. The molecule has 1 aromatic carbocycles. The number of benzene rings is 1. The van der Waals surface area contributed by atoms with Crippen molar-refractivity contribution < 1.29 is 0 Å². The zero-order chi connectivity index (χ0) is 16.6. The van der Waals surface area contributed by atoms with Crippen molar-refractivity contribution in [3.05, 3.63) is 59.4 Å². The number of nitrogens with one attached hydrogen (secondary N) is 1. The lowest BCUT2D eigenvalue weighted by Crippen LogP contribution is -2.05. The van der Waals surface area contributed by atoms with E-state index in [1.807, 2.05) is 34.8 Å². The Morgan fingerprint density at radius 3 is 2.80 bits per heavy atom. The first-order valence-electron chi connectivity index (χ1n) is 8.33. The molecule has 3 heterocycles. The smallest absolute Gasteiger partial charge is 0.178 e.